The maximum Gasteiger partial charge on any atom is 0.333 e. The van der Waals surface area contributed by atoms with Crippen LogP contribution in [0.15, 0.2) is 12.2 Å². The standard InChI is InChI=1S/C22H41NO2/c1-14(2)18(24)25-15-16(19(3,4)5)21(9,10)23(13)22(11,12)17(15)20(6,7)8/h15-17H,1H2,2-13H3. The van der Waals surface area contributed by atoms with Gasteiger partial charge in [-0.15, -0.1) is 0 Å². The van der Waals surface area contributed by atoms with E-state index in [4.69, 9.17) is 4.74 Å². The van der Waals surface area contributed by atoms with E-state index in [0.29, 0.717) is 5.57 Å². The average Bonchev–Trinajstić information content (AvgIpc) is 2.31. The molecule has 146 valence electrons. The number of hydrogen-bond donors (Lipinski definition) is 0. The van der Waals surface area contributed by atoms with Gasteiger partial charge in [0.2, 0.25) is 0 Å². The summed E-state index contributed by atoms with van der Waals surface area (Å²) in [5.41, 5.74) is 0.248. The van der Waals surface area contributed by atoms with Crippen molar-refractivity contribution < 1.29 is 9.53 Å². The number of likely N-dealkylation sites (tertiary alicyclic amines) is 1. The molecule has 1 heterocycles. The Kier molecular flexibility index (Phi) is 5.69. The minimum absolute atomic E-state index is 0.00220. The Hall–Kier alpha value is -0.830. The van der Waals surface area contributed by atoms with E-state index in [1.54, 1.807) is 6.92 Å². The normalized spacial score (nSPS) is 30.0. The lowest BCUT2D eigenvalue weighted by Crippen LogP contribution is -2.74. The maximum absolute atomic E-state index is 12.5. The highest BCUT2D eigenvalue weighted by molar-refractivity contribution is 5.87. The van der Waals surface area contributed by atoms with Crippen molar-refractivity contribution in [3.8, 4) is 0 Å². The van der Waals surface area contributed by atoms with Gasteiger partial charge in [-0.2, -0.15) is 0 Å². The molecule has 25 heavy (non-hydrogen) atoms. The van der Waals surface area contributed by atoms with Gasteiger partial charge < -0.3 is 4.74 Å². The minimum atomic E-state index is -0.273. The highest BCUT2D eigenvalue weighted by Crippen LogP contribution is 2.56. The van der Waals surface area contributed by atoms with Gasteiger partial charge in [0, 0.05) is 28.5 Å². The smallest absolute Gasteiger partial charge is 0.333 e. The molecule has 2 atom stereocenters. The molecular weight excluding hydrogens is 310 g/mol. The van der Waals surface area contributed by atoms with Crippen molar-refractivity contribution >= 4 is 5.97 Å². The molecule has 0 bridgehead atoms. The summed E-state index contributed by atoms with van der Waals surface area (Å²) < 4.78 is 6.19. The number of nitrogens with zero attached hydrogens (tertiary/aromatic N) is 1. The molecule has 0 amide bonds. The lowest BCUT2D eigenvalue weighted by molar-refractivity contribution is -0.219. The number of hydrogen-bond acceptors (Lipinski definition) is 3. The van der Waals surface area contributed by atoms with Crippen LogP contribution in [0.2, 0.25) is 0 Å². The number of esters is 1. The maximum atomic E-state index is 12.5. The lowest BCUT2D eigenvalue weighted by Gasteiger charge is -2.66. The average molecular weight is 352 g/mol. The van der Waals surface area contributed by atoms with Gasteiger partial charge in [0.05, 0.1) is 0 Å². The van der Waals surface area contributed by atoms with Crippen molar-refractivity contribution in [3.63, 3.8) is 0 Å². The molecule has 0 saturated carbocycles. The first-order valence-electron chi connectivity index (χ1n) is 9.46. The van der Waals surface area contributed by atoms with E-state index in [2.05, 4.69) is 87.8 Å². The van der Waals surface area contributed by atoms with E-state index >= 15 is 0 Å². The fourth-order valence-corrected chi connectivity index (χ4v) is 5.62. The van der Waals surface area contributed by atoms with E-state index in [9.17, 15) is 4.79 Å². The van der Waals surface area contributed by atoms with Crippen molar-refractivity contribution in [2.45, 2.75) is 93.3 Å². The molecule has 1 rings (SSSR count). The Labute approximate surface area is 156 Å². The van der Waals surface area contributed by atoms with Crippen LogP contribution < -0.4 is 0 Å². The van der Waals surface area contributed by atoms with Crippen LogP contribution in [0.1, 0.15) is 76.2 Å². The van der Waals surface area contributed by atoms with Crippen LogP contribution in [0, 0.1) is 22.7 Å². The van der Waals surface area contributed by atoms with Gasteiger partial charge >= 0.3 is 5.97 Å². The van der Waals surface area contributed by atoms with Gasteiger partial charge in [-0.1, -0.05) is 48.1 Å². The van der Waals surface area contributed by atoms with E-state index in [1.807, 2.05) is 0 Å². The molecule has 0 radical (unpaired) electrons. The first-order valence-corrected chi connectivity index (χ1v) is 9.46. The van der Waals surface area contributed by atoms with E-state index < -0.39 is 0 Å². The highest BCUT2D eigenvalue weighted by atomic mass is 16.5. The third-order valence-electron chi connectivity index (χ3n) is 6.37. The molecule has 0 spiro atoms. The largest absolute Gasteiger partial charge is 0.458 e. The fourth-order valence-electron chi connectivity index (χ4n) is 5.62. The van der Waals surface area contributed by atoms with Crippen molar-refractivity contribution in [2.75, 3.05) is 7.05 Å². The van der Waals surface area contributed by atoms with Gasteiger partial charge in [0.25, 0.3) is 0 Å². The van der Waals surface area contributed by atoms with Crippen LogP contribution in [0.3, 0.4) is 0 Å². The third-order valence-corrected chi connectivity index (χ3v) is 6.37. The summed E-state index contributed by atoms with van der Waals surface area (Å²) in [4.78, 5) is 15.0. The van der Waals surface area contributed by atoms with Crippen molar-refractivity contribution in [1.29, 1.82) is 0 Å². The molecule has 2 unspecified atom stereocenters. The zero-order valence-electron chi connectivity index (χ0n) is 18.7. The number of rotatable bonds is 2. The highest BCUT2D eigenvalue weighted by Gasteiger charge is 2.62. The molecule has 0 aromatic rings. The van der Waals surface area contributed by atoms with E-state index in [-0.39, 0.29) is 45.8 Å². The molecule has 0 aliphatic carbocycles. The van der Waals surface area contributed by atoms with Crippen LogP contribution >= 0.6 is 0 Å². The SMILES string of the molecule is C=C(C)C(=O)OC1C(C(C)(C)C)C(C)(C)N(C)C(C)(C)C1C(C)(C)C. The Bertz CT molecular complexity index is 497. The molecule has 1 aliphatic heterocycles. The number of ether oxygens (including phenoxy) is 1. The second kappa shape index (κ2) is 6.40. The van der Waals surface area contributed by atoms with Gasteiger partial charge in [-0.3, -0.25) is 4.90 Å². The Morgan fingerprint density at radius 3 is 1.48 bits per heavy atom. The molecule has 1 fully saturated rings. The molecular formula is C22H41NO2. The summed E-state index contributed by atoms with van der Waals surface area (Å²) in [5, 5.41) is 0. The van der Waals surface area contributed by atoms with Crippen LogP contribution in [0.5, 0.6) is 0 Å². The summed E-state index contributed by atoms with van der Waals surface area (Å²) in [6.45, 7) is 28.2. The molecule has 1 aliphatic rings. The number of piperidine rings is 1. The first kappa shape index (κ1) is 22.2. The van der Waals surface area contributed by atoms with E-state index in [1.165, 1.54) is 0 Å². The summed E-state index contributed by atoms with van der Waals surface area (Å²) in [7, 11) is 2.22. The molecule has 0 aromatic carbocycles. The second-order valence-corrected chi connectivity index (χ2v) is 11.2. The summed E-state index contributed by atoms with van der Waals surface area (Å²) in [5.74, 6) is 0.126. The van der Waals surface area contributed by atoms with Gasteiger partial charge in [-0.05, 0) is 52.5 Å². The van der Waals surface area contributed by atoms with E-state index in [0.717, 1.165) is 0 Å². The summed E-state index contributed by atoms with van der Waals surface area (Å²) >= 11 is 0. The van der Waals surface area contributed by atoms with Crippen LogP contribution in [-0.2, 0) is 9.53 Å². The third kappa shape index (κ3) is 3.97. The number of carbonyl (C=O) groups excluding carboxylic acids is 1. The van der Waals surface area contributed by atoms with Crippen molar-refractivity contribution in [2.24, 2.45) is 22.7 Å². The van der Waals surface area contributed by atoms with Gasteiger partial charge in [0.1, 0.15) is 6.10 Å². The van der Waals surface area contributed by atoms with Gasteiger partial charge in [-0.25, -0.2) is 4.79 Å². The minimum Gasteiger partial charge on any atom is -0.458 e. The zero-order chi connectivity index (χ0) is 20.2. The summed E-state index contributed by atoms with van der Waals surface area (Å²) in [6, 6.07) is 0. The molecule has 1 saturated heterocycles. The topological polar surface area (TPSA) is 29.5 Å². The molecule has 3 heteroatoms. The Balaban J connectivity index is 3.65. The van der Waals surface area contributed by atoms with Gasteiger partial charge in [0.15, 0.2) is 0 Å². The predicted octanol–water partition coefficient (Wildman–Crippen LogP) is 5.30. The first-order chi connectivity index (χ1) is 10.9. The van der Waals surface area contributed by atoms with Crippen molar-refractivity contribution in [1.82, 2.24) is 4.90 Å². The fraction of sp³-hybridized carbons (Fsp3) is 0.864. The van der Waals surface area contributed by atoms with Crippen LogP contribution in [0.4, 0.5) is 0 Å². The van der Waals surface area contributed by atoms with Crippen LogP contribution in [-0.4, -0.2) is 35.1 Å². The second-order valence-electron chi connectivity index (χ2n) is 11.2. The monoisotopic (exact) mass is 351 g/mol. The molecule has 3 nitrogen and oxygen atoms in total. The quantitative estimate of drug-likeness (QED) is 0.499. The number of carbonyl (C=O) groups is 1. The van der Waals surface area contributed by atoms with Crippen molar-refractivity contribution in [3.05, 3.63) is 12.2 Å². The molecule has 0 aromatic heterocycles. The predicted molar refractivity (Wildman–Crippen MR) is 107 cm³/mol. The zero-order valence-corrected chi connectivity index (χ0v) is 18.7. The Morgan fingerprint density at radius 2 is 1.24 bits per heavy atom. The lowest BCUT2D eigenvalue weighted by atomic mass is 9.53. The Morgan fingerprint density at radius 1 is 0.920 bits per heavy atom. The van der Waals surface area contributed by atoms with Crippen LogP contribution in [0.25, 0.3) is 0 Å². The molecule has 0 N–H and O–H groups in total. The summed E-state index contributed by atoms with van der Waals surface area (Å²) in [6.07, 6.45) is -0.162.